The number of hydrogen-bond acceptors (Lipinski definition) is 5. The minimum Gasteiger partial charge on any atom is -0.385 e. The summed E-state index contributed by atoms with van der Waals surface area (Å²) in [6.07, 6.45) is 2.38. The van der Waals surface area contributed by atoms with Gasteiger partial charge in [0.1, 0.15) is 6.33 Å². The zero-order valence-electron chi connectivity index (χ0n) is 12.5. The number of aryl methyl sites for hydroxylation is 1. The van der Waals surface area contributed by atoms with Crippen molar-refractivity contribution in [2.45, 2.75) is 32.0 Å². The molecule has 0 radical (unpaired) electrons. The molecule has 0 aliphatic carbocycles. The van der Waals surface area contributed by atoms with Crippen LogP contribution in [0.3, 0.4) is 0 Å². The van der Waals surface area contributed by atoms with Gasteiger partial charge in [0.05, 0.1) is 5.75 Å². The van der Waals surface area contributed by atoms with Gasteiger partial charge in [-0.05, 0) is 26.3 Å². The highest BCUT2D eigenvalue weighted by Crippen LogP contribution is 2.20. The van der Waals surface area contributed by atoms with Crippen molar-refractivity contribution in [2.24, 2.45) is 0 Å². The number of ether oxygens (including phenoxy) is 1. The highest BCUT2D eigenvalue weighted by atomic mass is 32.2. The van der Waals surface area contributed by atoms with Crippen molar-refractivity contribution < 1.29 is 9.53 Å². The molecule has 2 heterocycles. The number of methoxy groups -OCH3 is 1. The van der Waals surface area contributed by atoms with Crippen molar-refractivity contribution >= 4 is 17.5 Å². The van der Waals surface area contributed by atoms with E-state index in [1.54, 1.807) is 7.11 Å². The Balaban J connectivity index is 2.02. The van der Waals surface area contributed by atoms with E-state index < -0.39 is 0 Å². The predicted molar refractivity (Wildman–Crippen MR) is 81.8 cm³/mol. The molecule has 2 rings (SSSR count). The van der Waals surface area contributed by atoms with Gasteiger partial charge in [-0.25, -0.2) is 4.98 Å². The Morgan fingerprint density at radius 1 is 1.48 bits per heavy atom. The van der Waals surface area contributed by atoms with Crippen LogP contribution in [0.25, 0.3) is 0 Å². The summed E-state index contributed by atoms with van der Waals surface area (Å²) in [4.78, 5) is 16.3. The minimum absolute atomic E-state index is 0.113. The molecule has 0 bridgehead atoms. The van der Waals surface area contributed by atoms with Crippen LogP contribution in [-0.2, 0) is 11.3 Å². The molecule has 0 saturated heterocycles. The lowest BCUT2D eigenvalue weighted by molar-refractivity contribution is 0.102. The van der Waals surface area contributed by atoms with Crippen LogP contribution < -0.4 is 0 Å². The zero-order valence-corrected chi connectivity index (χ0v) is 13.4. The van der Waals surface area contributed by atoms with Crippen molar-refractivity contribution in [3.05, 3.63) is 29.3 Å². The number of carbonyl (C=O) groups excluding carboxylic acids is 1. The largest absolute Gasteiger partial charge is 0.385 e. The van der Waals surface area contributed by atoms with Gasteiger partial charge < -0.3 is 9.30 Å². The summed E-state index contributed by atoms with van der Waals surface area (Å²) in [6, 6.07) is 1.96. The van der Waals surface area contributed by atoms with Crippen molar-refractivity contribution in [1.29, 1.82) is 0 Å². The first-order valence-electron chi connectivity index (χ1n) is 6.80. The third-order valence-corrected chi connectivity index (χ3v) is 4.21. The van der Waals surface area contributed by atoms with E-state index in [0.29, 0.717) is 10.9 Å². The molecule has 2 aromatic rings. The number of nitrogens with zero attached hydrogens (tertiary/aromatic N) is 3. The second-order valence-corrected chi connectivity index (χ2v) is 5.75. The molecule has 0 unspecified atom stereocenters. The first-order valence-corrected chi connectivity index (χ1v) is 7.79. The maximum atomic E-state index is 12.3. The van der Waals surface area contributed by atoms with E-state index in [2.05, 4.69) is 19.7 Å². The normalized spacial score (nSPS) is 11.0. The molecule has 0 saturated carbocycles. The van der Waals surface area contributed by atoms with Crippen LogP contribution >= 0.6 is 11.8 Å². The highest BCUT2D eigenvalue weighted by molar-refractivity contribution is 7.99. The SMILES string of the molecule is COCCCn1c(C)cc(C(=O)CSc2ncn[nH]2)c1C. The third-order valence-electron chi connectivity index (χ3n) is 3.34. The number of aromatic amines is 1. The fourth-order valence-corrected chi connectivity index (χ4v) is 2.93. The number of hydrogen-bond donors (Lipinski definition) is 1. The third kappa shape index (κ3) is 3.95. The van der Waals surface area contributed by atoms with Crippen LogP contribution in [0.15, 0.2) is 17.6 Å². The van der Waals surface area contributed by atoms with Gasteiger partial charge in [-0.1, -0.05) is 11.8 Å². The number of nitrogens with one attached hydrogen (secondary N) is 1. The van der Waals surface area contributed by atoms with Gasteiger partial charge in [-0.3, -0.25) is 9.89 Å². The van der Waals surface area contributed by atoms with Crippen LogP contribution in [0, 0.1) is 13.8 Å². The Morgan fingerprint density at radius 2 is 2.29 bits per heavy atom. The van der Waals surface area contributed by atoms with Crippen LogP contribution in [-0.4, -0.2) is 45.0 Å². The Hall–Kier alpha value is -1.60. The molecule has 0 aromatic carbocycles. The molecular weight excluding hydrogens is 288 g/mol. The molecule has 0 aliphatic heterocycles. The Morgan fingerprint density at radius 3 is 2.95 bits per heavy atom. The van der Waals surface area contributed by atoms with Crippen molar-refractivity contribution in [3.8, 4) is 0 Å². The summed E-state index contributed by atoms with van der Waals surface area (Å²) < 4.78 is 7.25. The number of thioether (sulfide) groups is 1. The Labute approximate surface area is 128 Å². The van der Waals surface area contributed by atoms with Gasteiger partial charge >= 0.3 is 0 Å². The van der Waals surface area contributed by atoms with E-state index >= 15 is 0 Å². The molecule has 0 amide bonds. The van der Waals surface area contributed by atoms with Crippen molar-refractivity contribution in [1.82, 2.24) is 19.7 Å². The quantitative estimate of drug-likeness (QED) is 0.460. The van der Waals surface area contributed by atoms with Crippen LogP contribution in [0.5, 0.6) is 0 Å². The summed E-state index contributed by atoms with van der Waals surface area (Å²) in [7, 11) is 1.70. The average Bonchev–Trinajstić information content (AvgIpc) is 3.07. The van der Waals surface area contributed by atoms with Gasteiger partial charge in [-0.2, -0.15) is 5.10 Å². The average molecular weight is 308 g/mol. The smallest absolute Gasteiger partial charge is 0.183 e. The van der Waals surface area contributed by atoms with E-state index in [1.165, 1.54) is 18.1 Å². The first-order chi connectivity index (χ1) is 10.1. The lowest BCUT2D eigenvalue weighted by atomic mass is 10.2. The summed E-state index contributed by atoms with van der Waals surface area (Å²) in [5.41, 5.74) is 2.92. The number of Topliss-reactive ketones (excluding diaryl/α,β-unsaturated/α-hetero) is 1. The highest BCUT2D eigenvalue weighted by Gasteiger charge is 2.16. The van der Waals surface area contributed by atoms with Crippen molar-refractivity contribution in [3.63, 3.8) is 0 Å². The van der Waals surface area contributed by atoms with E-state index in [1.807, 2.05) is 19.9 Å². The Kier molecular flexibility index (Phi) is 5.58. The topological polar surface area (TPSA) is 72.8 Å². The minimum atomic E-state index is 0.113. The summed E-state index contributed by atoms with van der Waals surface area (Å²) in [5.74, 6) is 0.472. The standard InChI is InChI=1S/C14H20N4O2S/c1-10-7-12(11(2)18(10)5-4-6-20-3)13(19)8-21-14-15-9-16-17-14/h7,9H,4-6,8H2,1-3H3,(H,15,16,17). The molecule has 0 aliphatic rings. The number of rotatable bonds is 8. The maximum Gasteiger partial charge on any atom is 0.183 e. The fourth-order valence-electron chi connectivity index (χ4n) is 2.27. The molecule has 6 nitrogen and oxygen atoms in total. The number of carbonyl (C=O) groups is 1. The molecule has 0 atom stereocenters. The molecule has 0 spiro atoms. The van der Waals surface area contributed by atoms with Gasteiger partial charge in [-0.15, -0.1) is 0 Å². The molecule has 21 heavy (non-hydrogen) atoms. The van der Waals surface area contributed by atoms with Crippen LogP contribution in [0.4, 0.5) is 0 Å². The predicted octanol–water partition coefficient (Wildman–Crippen LogP) is 2.23. The van der Waals surface area contributed by atoms with E-state index in [9.17, 15) is 4.79 Å². The zero-order chi connectivity index (χ0) is 15.2. The Bertz CT molecular complexity index is 592. The molecule has 1 N–H and O–H groups in total. The first kappa shape index (κ1) is 15.8. The number of H-pyrrole nitrogens is 1. The molecule has 2 aromatic heterocycles. The van der Waals surface area contributed by atoms with Gasteiger partial charge in [0.15, 0.2) is 10.9 Å². The lowest BCUT2D eigenvalue weighted by Crippen LogP contribution is -2.08. The maximum absolute atomic E-state index is 12.3. The second-order valence-electron chi connectivity index (χ2n) is 4.79. The molecular formula is C14H20N4O2S. The van der Waals surface area contributed by atoms with Crippen molar-refractivity contribution in [2.75, 3.05) is 19.5 Å². The monoisotopic (exact) mass is 308 g/mol. The molecule has 0 fully saturated rings. The van der Waals surface area contributed by atoms with Gasteiger partial charge in [0.25, 0.3) is 0 Å². The molecule has 114 valence electrons. The van der Waals surface area contributed by atoms with Gasteiger partial charge in [0, 0.05) is 37.2 Å². The summed E-state index contributed by atoms with van der Waals surface area (Å²) >= 11 is 1.37. The van der Waals surface area contributed by atoms with Gasteiger partial charge in [0.2, 0.25) is 0 Å². The van der Waals surface area contributed by atoms with E-state index in [-0.39, 0.29) is 5.78 Å². The lowest BCUT2D eigenvalue weighted by Gasteiger charge is -2.09. The summed E-state index contributed by atoms with van der Waals surface area (Å²) in [5, 5.41) is 7.17. The van der Waals surface area contributed by atoms with Crippen LogP contribution in [0.1, 0.15) is 28.2 Å². The van der Waals surface area contributed by atoms with Crippen LogP contribution in [0.2, 0.25) is 0 Å². The second kappa shape index (κ2) is 7.42. The molecule has 7 heteroatoms. The fraction of sp³-hybridized carbons (Fsp3) is 0.500. The van der Waals surface area contributed by atoms with E-state index in [0.717, 1.165) is 36.5 Å². The summed E-state index contributed by atoms with van der Waals surface area (Å²) in [6.45, 7) is 5.61. The van der Waals surface area contributed by atoms with E-state index in [4.69, 9.17) is 4.74 Å². The number of ketones is 1. The number of aromatic nitrogens is 4.